The molecule has 1 N–H and O–H groups in total. The molecule has 0 radical (unpaired) electrons. The van der Waals surface area contributed by atoms with Crippen molar-refractivity contribution < 1.29 is 0 Å². The largest absolute Gasteiger partial charge is 0.379 e. The van der Waals surface area contributed by atoms with Crippen LogP contribution in [-0.4, -0.2) is 25.1 Å². The third-order valence-electron chi connectivity index (χ3n) is 5.83. The number of pyridine rings is 1. The van der Waals surface area contributed by atoms with Crippen LogP contribution in [0.15, 0.2) is 18.5 Å². The van der Waals surface area contributed by atoms with Gasteiger partial charge in [0.1, 0.15) is 0 Å². The van der Waals surface area contributed by atoms with E-state index in [1.165, 1.54) is 43.5 Å². The first kappa shape index (κ1) is 12.5. The summed E-state index contributed by atoms with van der Waals surface area (Å²) >= 11 is 0. The van der Waals surface area contributed by atoms with Crippen LogP contribution in [0.2, 0.25) is 0 Å². The minimum atomic E-state index is 0.686. The normalized spacial score (nSPS) is 38.0. The molecular weight excluding hydrogens is 246 g/mol. The highest BCUT2D eigenvalue weighted by Gasteiger charge is 2.48. The van der Waals surface area contributed by atoms with E-state index < -0.39 is 0 Å². The molecule has 4 bridgehead atoms. The molecule has 0 spiro atoms. The zero-order valence-corrected chi connectivity index (χ0v) is 12.5. The molecule has 4 aliphatic rings. The number of hydrogen-bond acceptors (Lipinski definition) is 3. The summed E-state index contributed by atoms with van der Waals surface area (Å²) in [6.45, 7) is 0. The molecule has 20 heavy (non-hydrogen) atoms. The van der Waals surface area contributed by atoms with Crippen molar-refractivity contribution in [2.45, 2.75) is 38.1 Å². The summed E-state index contributed by atoms with van der Waals surface area (Å²) in [5.41, 5.74) is 2.48. The van der Waals surface area contributed by atoms with Crippen molar-refractivity contribution in [3.63, 3.8) is 0 Å². The van der Waals surface area contributed by atoms with Crippen molar-refractivity contribution >= 4 is 11.4 Å². The Hall–Kier alpha value is -1.25. The first-order valence-corrected chi connectivity index (χ1v) is 8.08. The first-order chi connectivity index (χ1) is 9.70. The molecule has 0 saturated heterocycles. The molecule has 0 unspecified atom stereocenters. The molecule has 108 valence electrons. The minimum absolute atomic E-state index is 0.686. The van der Waals surface area contributed by atoms with E-state index in [9.17, 15) is 0 Å². The molecule has 4 aliphatic carbocycles. The van der Waals surface area contributed by atoms with E-state index >= 15 is 0 Å². The first-order valence-electron chi connectivity index (χ1n) is 8.08. The van der Waals surface area contributed by atoms with E-state index in [4.69, 9.17) is 0 Å². The summed E-state index contributed by atoms with van der Waals surface area (Å²) in [7, 11) is 4.22. The van der Waals surface area contributed by atoms with Crippen LogP contribution >= 0.6 is 0 Å². The molecule has 0 aromatic carbocycles. The molecule has 4 saturated carbocycles. The van der Waals surface area contributed by atoms with Gasteiger partial charge in [0.2, 0.25) is 0 Å². The number of anilines is 2. The van der Waals surface area contributed by atoms with Gasteiger partial charge in [0, 0.05) is 26.3 Å². The Labute approximate surface area is 121 Å². The molecule has 0 amide bonds. The van der Waals surface area contributed by atoms with Crippen LogP contribution in [-0.2, 0) is 0 Å². The average molecular weight is 271 g/mol. The quantitative estimate of drug-likeness (QED) is 0.913. The molecule has 0 aliphatic heterocycles. The van der Waals surface area contributed by atoms with Crippen molar-refractivity contribution in [3.05, 3.63) is 18.5 Å². The van der Waals surface area contributed by atoms with Gasteiger partial charge >= 0.3 is 0 Å². The fourth-order valence-electron chi connectivity index (χ4n) is 5.23. The number of nitrogens with zero attached hydrogens (tertiary/aromatic N) is 2. The molecular formula is C17H25N3. The maximum atomic E-state index is 4.32. The van der Waals surface area contributed by atoms with Gasteiger partial charge in [0.05, 0.1) is 17.6 Å². The Balaban J connectivity index is 1.58. The second-order valence-corrected chi connectivity index (χ2v) is 7.39. The SMILES string of the molecule is CN(C)c1ccncc1NC1C2CC3CC(C2)CC1C3. The van der Waals surface area contributed by atoms with Gasteiger partial charge in [-0.25, -0.2) is 0 Å². The van der Waals surface area contributed by atoms with Gasteiger partial charge in [-0.2, -0.15) is 0 Å². The van der Waals surface area contributed by atoms with Gasteiger partial charge in [-0.05, 0) is 61.8 Å². The molecule has 0 atom stereocenters. The second-order valence-electron chi connectivity index (χ2n) is 7.39. The van der Waals surface area contributed by atoms with E-state index in [2.05, 4.69) is 35.4 Å². The predicted molar refractivity (Wildman–Crippen MR) is 83.0 cm³/mol. The van der Waals surface area contributed by atoms with E-state index in [1.54, 1.807) is 0 Å². The zero-order valence-electron chi connectivity index (χ0n) is 12.5. The highest BCUT2D eigenvalue weighted by Crippen LogP contribution is 2.54. The molecule has 1 aromatic rings. The van der Waals surface area contributed by atoms with Gasteiger partial charge in [0.25, 0.3) is 0 Å². The summed E-state index contributed by atoms with van der Waals surface area (Å²) in [6, 6.07) is 2.80. The minimum Gasteiger partial charge on any atom is -0.379 e. The van der Waals surface area contributed by atoms with Crippen LogP contribution in [0.25, 0.3) is 0 Å². The summed E-state index contributed by atoms with van der Waals surface area (Å²) in [5.74, 6) is 3.89. The predicted octanol–water partition coefficient (Wildman–Crippen LogP) is 3.38. The molecule has 3 heteroatoms. The van der Waals surface area contributed by atoms with E-state index in [0.29, 0.717) is 6.04 Å². The molecule has 4 fully saturated rings. The van der Waals surface area contributed by atoms with Crippen molar-refractivity contribution in [3.8, 4) is 0 Å². The third kappa shape index (κ3) is 1.99. The van der Waals surface area contributed by atoms with Crippen LogP contribution in [0.1, 0.15) is 32.1 Å². The Bertz CT molecular complexity index is 469. The van der Waals surface area contributed by atoms with Crippen molar-refractivity contribution in [2.75, 3.05) is 24.3 Å². The lowest BCUT2D eigenvalue weighted by Gasteiger charge is -2.54. The summed E-state index contributed by atoms with van der Waals surface area (Å²) in [5, 5.41) is 3.87. The van der Waals surface area contributed by atoms with E-state index in [-0.39, 0.29) is 0 Å². The summed E-state index contributed by atoms with van der Waals surface area (Å²) in [6.07, 6.45) is 11.3. The maximum Gasteiger partial charge on any atom is 0.0766 e. The highest BCUT2D eigenvalue weighted by molar-refractivity contribution is 5.68. The van der Waals surface area contributed by atoms with Crippen LogP contribution in [0.4, 0.5) is 11.4 Å². The fourth-order valence-corrected chi connectivity index (χ4v) is 5.23. The molecule has 1 aromatic heterocycles. The maximum absolute atomic E-state index is 4.32. The van der Waals surface area contributed by atoms with Gasteiger partial charge in [0.15, 0.2) is 0 Å². The number of hydrogen-bond donors (Lipinski definition) is 1. The number of aromatic nitrogens is 1. The lowest BCUT2D eigenvalue weighted by Crippen LogP contribution is -2.51. The lowest BCUT2D eigenvalue weighted by molar-refractivity contribution is 0.00755. The number of rotatable bonds is 3. The van der Waals surface area contributed by atoms with Crippen molar-refractivity contribution in [2.24, 2.45) is 23.7 Å². The third-order valence-corrected chi connectivity index (χ3v) is 5.83. The van der Waals surface area contributed by atoms with Crippen molar-refractivity contribution in [1.82, 2.24) is 4.98 Å². The van der Waals surface area contributed by atoms with Crippen LogP contribution in [0.3, 0.4) is 0 Å². The van der Waals surface area contributed by atoms with Gasteiger partial charge < -0.3 is 10.2 Å². The van der Waals surface area contributed by atoms with Crippen LogP contribution in [0, 0.1) is 23.7 Å². The topological polar surface area (TPSA) is 28.2 Å². The van der Waals surface area contributed by atoms with Gasteiger partial charge in [-0.1, -0.05) is 0 Å². The summed E-state index contributed by atoms with van der Waals surface area (Å²) < 4.78 is 0. The Morgan fingerprint density at radius 2 is 1.70 bits per heavy atom. The van der Waals surface area contributed by atoms with E-state index in [1.807, 2.05) is 12.4 Å². The molecule has 3 nitrogen and oxygen atoms in total. The summed E-state index contributed by atoms with van der Waals surface area (Å²) in [4.78, 5) is 6.50. The Morgan fingerprint density at radius 1 is 1.05 bits per heavy atom. The number of nitrogens with one attached hydrogen (secondary N) is 1. The Morgan fingerprint density at radius 3 is 2.30 bits per heavy atom. The molecule has 1 heterocycles. The zero-order chi connectivity index (χ0) is 13.7. The Kier molecular flexibility index (Phi) is 2.90. The molecule has 5 rings (SSSR count). The van der Waals surface area contributed by atoms with Crippen molar-refractivity contribution in [1.29, 1.82) is 0 Å². The van der Waals surface area contributed by atoms with Crippen LogP contribution < -0.4 is 10.2 Å². The van der Waals surface area contributed by atoms with Crippen LogP contribution in [0.5, 0.6) is 0 Å². The lowest BCUT2D eigenvalue weighted by atomic mass is 9.54. The average Bonchev–Trinajstić information content (AvgIpc) is 2.42. The van der Waals surface area contributed by atoms with Gasteiger partial charge in [-0.15, -0.1) is 0 Å². The fraction of sp³-hybridized carbons (Fsp3) is 0.706. The van der Waals surface area contributed by atoms with E-state index in [0.717, 1.165) is 23.7 Å². The van der Waals surface area contributed by atoms with Gasteiger partial charge in [-0.3, -0.25) is 4.98 Å². The monoisotopic (exact) mass is 271 g/mol. The highest BCUT2D eigenvalue weighted by atomic mass is 15.1. The standard InChI is InChI=1S/C17H25N3/c1-20(2)16-3-4-18-10-15(16)19-17-13-6-11-5-12(8-13)9-14(17)7-11/h3-4,10-14,17,19H,5-9H2,1-2H3. The smallest absolute Gasteiger partial charge is 0.0766 e. The second kappa shape index (κ2) is 4.64.